The minimum absolute atomic E-state index is 0.106. The third-order valence-corrected chi connectivity index (χ3v) is 6.26. The Morgan fingerprint density at radius 3 is 1.51 bits per heavy atom. The van der Waals surface area contributed by atoms with Gasteiger partial charge in [-0.1, -0.05) is 50.1 Å². The summed E-state index contributed by atoms with van der Waals surface area (Å²) in [6.07, 6.45) is 1.19. The molecule has 8 heteroatoms. The summed E-state index contributed by atoms with van der Waals surface area (Å²) >= 11 is 1.52. The largest absolute Gasteiger partial charge is 0.331 e. The van der Waals surface area contributed by atoms with E-state index >= 15 is 0 Å². The third-order valence-electron chi connectivity index (χ3n) is 5.11. The van der Waals surface area contributed by atoms with Gasteiger partial charge in [0.1, 0.15) is 0 Å². The highest BCUT2D eigenvalue weighted by Gasteiger charge is 2.15. The highest BCUT2D eigenvalue weighted by atomic mass is 32.1. The number of hydrogen-bond acceptors (Lipinski definition) is 8. The Hall–Kier alpha value is -3.39. The summed E-state index contributed by atoms with van der Waals surface area (Å²) in [5, 5.41) is 9.22. The molecule has 7 nitrogen and oxygen atoms in total. The fraction of sp³-hybridized carbons (Fsp3) is 0.370. The van der Waals surface area contributed by atoms with E-state index in [2.05, 4.69) is 10.3 Å². The van der Waals surface area contributed by atoms with Crippen molar-refractivity contribution in [1.82, 2.24) is 0 Å². The number of fused-ring (bicyclic) bond motifs is 2. The number of benzene rings is 2. The number of hydrogen-bond donors (Lipinski definition) is 0. The van der Waals surface area contributed by atoms with Gasteiger partial charge in [0.25, 0.3) is 0 Å². The molecule has 0 aliphatic heterocycles. The molecule has 0 bridgehead atoms. The molecule has 0 spiro atoms. The van der Waals surface area contributed by atoms with Crippen LogP contribution in [-0.4, -0.2) is 23.4 Å². The molecule has 0 atom stereocenters. The van der Waals surface area contributed by atoms with Gasteiger partial charge in [0, 0.05) is 45.1 Å². The molecule has 184 valence electrons. The zero-order valence-electron chi connectivity index (χ0n) is 20.9. The van der Waals surface area contributed by atoms with Crippen LogP contribution < -0.4 is 5.43 Å². The topological polar surface area (TPSA) is 94.4 Å². The van der Waals surface area contributed by atoms with Gasteiger partial charge < -0.3 is 9.68 Å². The minimum atomic E-state index is -0.495. The van der Waals surface area contributed by atoms with Crippen LogP contribution in [0.15, 0.2) is 51.5 Å². The Morgan fingerprint density at radius 2 is 1.17 bits per heavy atom. The minimum Gasteiger partial charge on any atom is -0.318 e. The van der Waals surface area contributed by atoms with Gasteiger partial charge in [0.2, 0.25) is 0 Å². The molecule has 3 rings (SSSR count). The first-order valence-electron chi connectivity index (χ1n) is 11.6. The maximum absolute atomic E-state index is 13.6. The summed E-state index contributed by atoms with van der Waals surface area (Å²) in [7, 11) is 0. The van der Waals surface area contributed by atoms with Crippen LogP contribution in [0.5, 0.6) is 0 Å². The molecule has 0 N–H and O–H groups in total. The smallest absolute Gasteiger partial charge is 0.318 e. The lowest BCUT2D eigenvalue weighted by molar-refractivity contribution is -0.141. The maximum Gasteiger partial charge on any atom is 0.331 e. The summed E-state index contributed by atoms with van der Waals surface area (Å²) in [6.45, 7) is 10.8. The molecule has 0 saturated heterocycles. The van der Waals surface area contributed by atoms with Crippen molar-refractivity contribution in [3.8, 4) is 0 Å². The van der Waals surface area contributed by atoms with Gasteiger partial charge in [0.15, 0.2) is 5.43 Å². The summed E-state index contributed by atoms with van der Waals surface area (Å²) in [6, 6.07) is 11.2. The van der Waals surface area contributed by atoms with Crippen molar-refractivity contribution in [2.75, 3.05) is 0 Å². The second-order valence-electron chi connectivity index (χ2n) is 9.29. The number of oxime groups is 2. The number of nitrogens with zero attached hydrogens (tertiary/aromatic N) is 2. The van der Waals surface area contributed by atoms with Crippen molar-refractivity contribution in [3.63, 3.8) is 0 Å². The molecule has 3 aromatic rings. The Morgan fingerprint density at radius 1 is 0.771 bits per heavy atom. The fourth-order valence-electron chi connectivity index (χ4n) is 3.64. The molecular formula is C27H30N2O5S. The van der Waals surface area contributed by atoms with E-state index in [-0.39, 0.29) is 17.3 Å². The Balaban J connectivity index is 2.16. The summed E-state index contributed by atoms with van der Waals surface area (Å²) in [5.41, 5.74) is 2.60. The average molecular weight is 495 g/mol. The monoisotopic (exact) mass is 494 g/mol. The fourth-order valence-corrected chi connectivity index (χ4v) is 4.68. The molecule has 1 heterocycles. The van der Waals surface area contributed by atoms with Crippen molar-refractivity contribution < 1.29 is 19.3 Å². The zero-order chi connectivity index (χ0) is 25.7. The lowest BCUT2D eigenvalue weighted by atomic mass is 9.98. The van der Waals surface area contributed by atoms with E-state index < -0.39 is 11.9 Å². The predicted octanol–water partition coefficient (Wildman–Crippen LogP) is 6.04. The SMILES string of the molecule is CC(=O)ON=C(CC(C)C)c1ccc2sc3ccc(C(CC(C)C)=NOC(C)=O)cc3c(=O)c2c1. The van der Waals surface area contributed by atoms with Crippen molar-refractivity contribution in [2.24, 2.45) is 22.1 Å². The van der Waals surface area contributed by atoms with E-state index in [1.807, 2.05) is 64.1 Å². The van der Waals surface area contributed by atoms with Crippen molar-refractivity contribution >= 4 is 54.9 Å². The summed E-state index contributed by atoms with van der Waals surface area (Å²) < 4.78 is 1.71. The van der Waals surface area contributed by atoms with Crippen LogP contribution in [0, 0.1) is 11.8 Å². The second-order valence-corrected chi connectivity index (χ2v) is 10.4. The summed E-state index contributed by atoms with van der Waals surface area (Å²) in [4.78, 5) is 46.0. The van der Waals surface area contributed by atoms with Crippen LogP contribution in [-0.2, 0) is 19.3 Å². The van der Waals surface area contributed by atoms with Crippen LogP contribution in [0.2, 0.25) is 0 Å². The Bertz CT molecular complexity index is 1280. The Kier molecular flexibility index (Phi) is 8.51. The van der Waals surface area contributed by atoms with Crippen molar-refractivity contribution in [1.29, 1.82) is 0 Å². The maximum atomic E-state index is 13.6. The first kappa shape index (κ1) is 26.2. The molecule has 0 fully saturated rings. The number of rotatable bonds is 8. The quantitative estimate of drug-likeness (QED) is 0.165. The van der Waals surface area contributed by atoms with Gasteiger partial charge in [-0.15, -0.1) is 11.3 Å². The molecule has 1 aromatic heterocycles. The Labute approximate surface area is 208 Å². The molecule has 0 aliphatic rings. The lowest BCUT2D eigenvalue weighted by Crippen LogP contribution is -2.10. The van der Waals surface area contributed by atoms with Crippen LogP contribution in [0.25, 0.3) is 20.2 Å². The standard InChI is InChI=1S/C27H30N2O5S/c1-15(2)11-23(28-33-17(5)30)19-7-9-25-21(13-19)27(32)22-14-20(8-10-26(22)35-25)24(12-16(3)4)29-34-18(6)31/h7-10,13-16H,11-12H2,1-6H3. The van der Waals surface area contributed by atoms with Crippen LogP contribution in [0.3, 0.4) is 0 Å². The van der Waals surface area contributed by atoms with E-state index in [0.29, 0.717) is 35.0 Å². The first-order valence-corrected chi connectivity index (χ1v) is 12.4. The summed E-state index contributed by atoms with van der Waals surface area (Å²) in [5.74, 6) is -0.427. The molecule has 2 aromatic carbocycles. The highest BCUT2D eigenvalue weighted by Crippen LogP contribution is 2.27. The lowest BCUT2D eigenvalue weighted by Gasteiger charge is -2.11. The third kappa shape index (κ3) is 6.82. The van der Waals surface area contributed by atoms with Crippen LogP contribution >= 0.6 is 11.3 Å². The average Bonchev–Trinajstić information content (AvgIpc) is 2.78. The van der Waals surface area contributed by atoms with Crippen LogP contribution in [0.1, 0.15) is 65.5 Å². The molecule has 35 heavy (non-hydrogen) atoms. The second kappa shape index (κ2) is 11.4. The van der Waals surface area contributed by atoms with E-state index in [9.17, 15) is 14.4 Å². The van der Waals surface area contributed by atoms with E-state index in [0.717, 1.165) is 20.5 Å². The first-order chi connectivity index (χ1) is 16.5. The molecule has 0 unspecified atom stereocenters. The van der Waals surface area contributed by atoms with Gasteiger partial charge >= 0.3 is 11.9 Å². The molecular weight excluding hydrogens is 464 g/mol. The van der Waals surface area contributed by atoms with Gasteiger partial charge in [0.05, 0.1) is 11.4 Å². The molecule has 0 amide bonds. The van der Waals surface area contributed by atoms with Gasteiger partial charge in [-0.3, -0.25) is 4.79 Å². The number of carbonyl (C=O) groups is 2. The van der Waals surface area contributed by atoms with E-state index in [1.165, 1.54) is 25.2 Å². The van der Waals surface area contributed by atoms with Gasteiger partial charge in [-0.2, -0.15) is 0 Å². The molecule has 0 aliphatic carbocycles. The van der Waals surface area contributed by atoms with Crippen molar-refractivity contribution in [2.45, 2.75) is 54.4 Å². The predicted molar refractivity (Wildman–Crippen MR) is 141 cm³/mol. The normalized spacial score (nSPS) is 12.6. The molecule has 0 radical (unpaired) electrons. The zero-order valence-corrected chi connectivity index (χ0v) is 21.7. The van der Waals surface area contributed by atoms with Crippen LogP contribution in [0.4, 0.5) is 0 Å². The molecule has 0 saturated carbocycles. The van der Waals surface area contributed by atoms with E-state index in [1.54, 1.807) is 0 Å². The highest BCUT2D eigenvalue weighted by molar-refractivity contribution is 7.24. The van der Waals surface area contributed by atoms with Gasteiger partial charge in [-0.25, -0.2) is 9.59 Å². The van der Waals surface area contributed by atoms with E-state index in [4.69, 9.17) is 9.68 Å². The van der Waals surface area contributed by atoms with Gasteiger partial charge in [-0.05, 0) is 48.9 Å². The van der Waals surface area contributed by atoms with Crippen molar-refractivity contribution in [3.05, 3.63) is 57.7 Å². The number of carbonyl (C=O) groups excluding carboxylic acids is 2.